The average molecular weight is 331 g/mol. The Morgan fingerprint density at radius 3 is 2.42 bits per heavy atom. The number of anilines is 1. The van der Waals surface area contributed by atoms with Crippen LogP contribution in [-0.2, 0) is 9.59 Å². The third kappa shape index (κ3) is 3.31. The summed E-state index contributed by atoms with van der Waals surface area (Å²) in [7, 11) is 2.08. The van der Waals surface area contributed by atoms with E-state index in [-0.39, 0.29) is 17.9 Å². The molecule has 5 heteroatoms. The van der Waals surface area contributed by atoms with Gasteiger partial charge >= 0.3 is 0 Å². The highest BCUT2D eigenvalue weighted by Crippen LogP contribution is 2.25. The normalized spacial score (nSPS) is 23.6. The first-order valence-electron chi connectivity index (χ1n) is 9.04. The van der Waals surface area contributed by atoms with Gasteiger partial charge in [-0.25, -0.2) is 4.90 Å². The molecule has 3 rings (SSSR count). The van der Waals surface area contributed by atoms with Gasteiger partial charge in [0.15, 0.2) is 6.04 Å². The zero-order valence-corrected chi connectivity index (χ0v) is 14.6. The molecule has 0 aromatic heterocycles. The maximum atomic E-state index is 12.9. The number of likely N-dealkylation sites (N-methyl/N-ethyl adjacent to an activating group) is 1. The quantitative estimate of drug-likeness (QED) is 0.833. The molecule has 1 aliphatic carbocycles. The van der Waals surface area contributed by atoms with E-state index in [0.717, 1.165) is 18.6 Å². The van der Waals surface area contributed by atoms with E-state index in [9.17, 15) is 9.59 Å². The molecular formula is C19H27N2O3+. The van der Waals surface area contributed by atoms with Crippen LogP contribution in [0.5, 0.6) is 5.75 Å². The number of quaternary nitrogens is 1. The van der Waals surface area contributed by atoms with Gasteiger partial charge in [-0.3, -0.25) is 9.59 Å². The van der Waals surface area contributed by atoms with Gasteiger partial charge in [0.2, 0.25) is 5.91 Å². The Hall–Kier alpha value is -1.88. The Balaban J connectivity index is 1.73. The van der Waals surface area contributed by atoms with E-state index in [1.54, 1.807) is 12.1 Å². The Kier molecular flexibility index (Phi) is 5.19. The molecule has 1 heterocycles. The van der Waals surface area contributed by atoms with Crippen LogP contribution in [0.4, 0.5) is 5.69 Å². The number of imide groups is 1. The summed E-state index contributed by atoms with van der Waals surface area (Å²) >= 11 is 0. The van der Waals surface area contributed by atoms with Crippen molar-refractivity contribution in [3.63, 3.8) is 0 Å². The van der Waals surface area contributed by atoms with Crippen molar-refractivity contribution in [1.82, 2.24) is 0 Å². The summed E-state index contributed by atoms with van der Waals surface area (Å²) in [6.07, 6.45) is 6.40. The van der Waals surface area contributed by atoms with Crippen LogP contribution in [0.3, 0.4) is 0 Å². The molecule has 2 fully saturated rings. The van der Waals surface area contributed by atoms with E-state index in [2.05, 4.69) is 7.05 Å². The highest BCUT2D eigenvalue weighted by atomic mass is 16.5. The first-order chi connectivity index (χ1) is 11.6. The van der Waals surface area contributed by atoms with Gasteiger partial charge < -0.3 is 9.64 Å². The van der Waals surface area contributed by atoms with Crippen molar-refractivity contribution in [1.29, 1.82) is 0 Å². The molecule has 2 aliphatic rings. The van der Waals surface area contributed by atoms with Crippen molar-refractivity contribution in [3.05, 3.63) is 24.3 Å². The number of hydrogen-bond acceptors (Lipinski definition) is 3. The van der Waals surface area contributed by atoms with Crippen molar-refractivity contribution in [2.24, 2.45) is 0 Å². The van der Waals surface area contributed by atoms with E-state index in [4.69, 9.17) is 4.74 Å². The smallest absolute Gasteiger partial charge is 0.292 e. The van der Waals surface area contributed by atoms with E-state index in [1.165, 1.54) is 29.1 Å². The largest absolute Gasteiger partial charge is 0.494 e. The fourth-order valence-electron chi connectivity index (χ4n) is 3.96. The number of nitrogens with zero attached hydrogens (tertiary/aromatic N) is 1. The Morgan fingerprint density at radius 2 is 1.79 bits per heavy atom. The molecule has 1 aromatic rings. The van der Waals surface area contributed by atoms with Gasteiger partial charge in [-0.15, -0.1) is 0 Å². The molecule has 1 aliphatic heterocycles. The van der Waals surface area contributed by atoms with E-state index in [0.29, 0.717) is 24.8 Å². The lowest BCUT2D eigenvalue weighted by molar-refractivity contribution is -0.922. The standard InChI is InChI=1S/C19H26N2O3/c1-3-24-16-11-9-15(10-12-16)21-18(22)13-17(19(21)23)20(2)14-7-5-4-6-8-14/h9-12,14,17H,3-8,13H2,1-2H3/p+1/t17-/m1/s1. The maximum Gasteiger partial charge on any atom is 0.292 e. The van der Waals surface area contributed by atoms with Crippen LogP contribution in [-0.4, -0.2) is 37.6 Å². The van der Waals surface area contributed by atoms with Gasteiger partial charge in [-0.1, -0.05) is 6.42 Å². The number of carbonyl (C=O) groups excluding carboxylic acids is 2. The summed E-state index contributed by atoms with van der Waals surface area (Å²) in [5, 5.41) is 0. The fourth-order valence-corrected chi connectivity index (χ4v) is 3.96. The summed E-state index contributed by atoms with van der Waals surface area (Å²) in [6, 6.07) is 7.46. The Bertz CT molecular complexity index is 593. The minimum Gasteiger partial charge on any atom is -0.494 e. The van der Waals surface area contributed by atoms with Gasteiger partial charge in [0.1, 0.15) is 5.75 Å². The topological polar surface area (TPSA) is 51.0 Å². The second kappa shape index (κ2) is 7.34. The minimum absolute atomic E-state index is 0.0627. The van der Waals surface area contributed by atoms with E-state index < -0.39 is 0 Å². The zero-order chi connectivity index (χ0) is 17.1. The third-order valence-corrected chi connectivity index (χ3v) is 5.35. The van der Waals surface area contributed by atoms with Crippen molar-refractivity contribution >= 4 is 17.5 Å². The van der Waals surface area contributed by atoms with Crippen molar-refractivity contribution < 1.29 is 19.2 Å². The number of ether oxygens (including phenoxy) is 1. The van der Waals surface area contributed by atoms with E-state index >= 15 is 0 Å². The average Bonchev–Trinajstić information content (AvgIpc) is 2.91. The Labute approximate surface area is 143 Å². The van der Waals surface area contributed by atoms with Gasteiger partial charge in [0.05, 0.1) is 31.8 Å². The number of hydrogen-bond donors (Lipinski definition) is 1. The number of benzene rings is 1. The second-order valence-corrected chi connectivity index (χ2v) is 6.83. The minimum atomic E-state index is -0.243. The summed E-state index contributed by atoms with van der Waals surface area (Å²) in [4.78, 5) is 27.9. The highest BCUT2D eigenvalue weighted by Gasteiger charge is 2.46. The van der Waals surface area contributed by atoms with Crippen LogP contribution in [0, 0.1) is 0 Å². The fraction of sp³-hybridized carbons (Fsp3) is 0.579. The maximum absolute atomic E-state index is 12.9. The van der Waals surface area contributed by atoms with Crippen molar-refractivity contribution in [2.45, 2.75) is 57.5 Å². The summed E-state index contributed by atoms with van der Waals surface area (Å²) < 4.78 is 5.42. The number of rotatable bonds is 5. The lowest BCUT2D eigenvalue weighted by Gasteiger charge is -2.31. The molecule has 0 bridgehead atoms. The molecule has 0 radical (unpaired) electrons. The van der Waals surface area contributed by atoms with Gasteiger partial charge in [-0.05, 0) is 56.9 Å². The monoisotopic (exact) mass is 331 g/mol. The molecule has 2 amide bonds. The van der Waals surface area contributed by atoms with Gasteiger partial charge in [-0.2, -0.15) is 0 Å². The molecule has 1 saturated carbocycles. The van der Waals surface area contributed by atoms with Crippen LogP contribution in [0.15, 0.2) is 24.3 Å². The van der Waals surface area contributed by atoms with Gasteiger partial charge in [0, 0.05) is 0 Å². The number of amides is 2. The lowest BCUT2D eigenvalue weighted by atomic mass is 9.93. The first-order valence-corrected chi connectivity index (χ1v) is 9.04. The molecule has 2 atom stereocenters. The summed E-state index contributed by atoms with van der Waals surface area (Å²) in [6.45, 7) is 2.52. The molecule has 1 saturated heterocycles. The van der Waals surface area contributed by atoms with Crippen LogP contribution >= 0.6 is 0 Å². The molecule has 1 unspecified atom stereocenters. The Morgan fingerprint density at radius 1 is 1.12 bits per heavy atom. The SMILES string of the molecule is CCOc1ccc(N2C(=O)C[C@@H]([NH+](C)C3CCCCC3)C2=O)cc1. The predicted octanol–water partition coefficient (Wildman–Crippen LogP) is 1.56. The number of carbonyl (C=O) groups is 2. The zero-order valence-electron chi connectivity index (χ0n) is 14.6. The first kappa shape index (κ1) is 17.0. The lowest BCUT2D eigenvalue weighted by Crippen LogP contribution is -3.17. The summed E-state index contributed by atoms with van der Waals surface area (Å²) in [5.41, 5.74) is 0.646. The molecule has 1 N–H and O–H groups in total. The van der Waals surface area contributed by atoms with E-state index in [1.807, 2.05) is 19.1 Å². The van der Waals surface area contributed by atoms with Crippen LogP contribution in [0.2, 0.25) is 0 Å². The van der Waals surface area contributed by atoms with Crippen LogP contribution < -0.4 is 14.5 Å². The molecular weight excluding hydrogens is 304 g/mol. The molecule has 5 nitrogen and oxygen atoms in total. The van der Waals surface area contributed by atoms with Crippen molar-refractivity contribution in [3.8, 4) is 5.75 Å². The van der Waals surface area contributed by atoms with Crippen molar-refractivity contribution in [2.75, 3.05) is 18.6 Å². The predicted molar refractivity (Wildman–Crippen MR) is 92.3 cm³/mol. The third-order valence-electron chi connectivity index (χ3n) is 5.35. The molecule has 1 aromatic carbocycles. The molecule has 130 valence electrons. The van der Waals surface area contributed by atoms with Crippen LogP contribution in [0.1, 0.15) is 45.4 Å². The van der Waals surface area contributed by atoms with Crippen LogP contribution in [0.25, 0.3) is 0 Å². The number of nitrogens with one attached hydrogen (secondary N) is 1. The second-order valence-electron chi connectivity index (χ2n) is 6.83. The highest BCUT2D eigenvalue weighted by molar-refractivity contribution is 6.21. The molecule has 24 heavy (non-hydrogen) atoms. The molecule has 0 spiro atoms. The summed E-state index contributed by atoms with van der Waals surface area (Å²) in [5.74, 6) is 0.596. The van der Waals surface area contributed by atoms with Gasteiger partial charge in [0.25, 0.3) is 5.91 Å².